The number of benzene rings is 1. The van der Waals surface area contributed by atoms with Crippen molar-refractivity contribution in [1.29, 1.82) is 0 Å². The van der Waals surface area contributed by atoms with Crippen molar-refractivity contribution >= 4 is 23.6 Å². The van der Waals surface area contributed by atoms with Gasteiger partial charge in [-0.15, -0.1) is 11.8 Å². The molecule has 6 nitrogen and oxygen atoms in total. The van der Waals surface area contributed by atoms with Crippen molar-refractivity contribution in [3.05, 3.63) is 54.1 Å². The molecule has 2 aromatic rings. The van der Waals surface area contributed by atoms with Gasteiger partial charge in [-0.05, 0) is 12.1 Å². The molecule has 3 heterocycles. The van der Waals surface area contributed by atoms with Crippen LogP contribution in [0.1, 0.15) is 10.9 Å². The van der Waals surface area contributed by atoms with Crippen molar-refractivity contribution in [2.75, 3.05) is 49.9 Å². The van der Waals surface area contributed by atoms with Crippen LogP contribution in [-0.2, 0) is 4.79 Å². The zero-order valence-electron chi connectivity index (χ0n) is 15.0. The Labute approximate surface area is 162 Å². The van der Waals surface area contributed by atoms with Crippen LogP contribution in [0.25, 0.3) is 0 Å². The number of carbonyl (C=O) groups excluding carboxylic acids is 1. The summed E-state index contributed by atoms with van der Waals surface area (Å²) in [5, 5.41) is -0.224. The molecule has 0 unspecified atom stereocenters. The first-order chi connectivity index (χ1) is 13.2. The minimum absolute atomic E-state index is 0.0673. The van der Waals surface area contributed by atoms with Crippen molar-refractivity contribution in [3.8, 4) is 0 Å². The maximum absolute atomic E-state index is 14.2. The van der Waals surface area contributed by atoms with Crippen LogP contribution in [0.15, 0.2) is 42.7 Å². The fraction of sp³-hybridized carbons (Fsp3) is 0.421. The van der Waals surface area contributed by atoms with Crippen molar-refractivity contribution < 1.29 is 9.18 Å². The summed E-state index contributed by atoms with van der Waals surface area (Å²) in [6, 6.07) is 8.54. The highest BCUT2D eigenvalue weighted by Crippen LogP contribution is 2.38. The van der Waals surface area contributed by atoms with E-state index < -0.39 is 0 Å². The van der Waals surface area contributed by atoms with Crippen molar-refractivity contribution in [2.24, 2.45) is 0 Å². The Morgan fingerprint density at radius 3 is 2.56 bits per heavy atom. The van der Waals surface area contributed by atoms with Gasteiger partial charge < -0.3 is 9.80 Å². The molecule has 0 N–H and O–H groups in total. The molecular formula is C19H22FN5OS. The molecule has 2 fully saturated rings. The molecule has 1 atom stereocenters. The first-order valence-corrected chi connectivity index (χ1v) is 10.2. The molecule has 0 spiro atoms. The van der Waals surface area contributed by atoms with Crippen molar-refractivity contribution in [3.63, 3.8) is 0 Å². The second-order valence-electron chi connectivity index (χ2n) is 6.64. The smallest absolute Gasteiger partial charge is 0.237 e. The first kappa shape index (κ1) is 18.2. The van der Waals surface area contributed by atoms with Crippen LogP contribution in [0.2, 0.25) is 0 Å². The minimum Gasteiger partial charge on any atom is -0.338 e. The molecule has 2 saturated heterocycles. The van der Waals surface area contributed by atoms with Crippen LogP contribution in [0.3, 0.4) is 0 Å². The summed E-state index contributed by atoms with van der Waals surface area (Å²) in [5.74, 6) is 1.40. The van der Waals surface area contributed by atoms with Gasteiger partial charge in [0.15, 0.2) is 0 Å². The van der Waals surface area contributed by atoms with E-state index in [0.29, 0.717) is 18.7 Å². The van der Waals surface area contributed by atoms with Gasteiger partial charge in [-0.3, -0.25) is 9.69 Å². The third-order valence-corrected chi connectivity index (χ3v) is 6.19. The Hall–Kier alpha value is -2.19. The van der Waals surface area contributed by atoms with Gasteiger partial charge in [0.25, 0.3) is 0 Å². The lowest BCUT2D eigenvalue weighted by molar-refractivity contribution is -0.132. The Kier molecular flexibility index (Phi) is 5.54. The molecule has 2 aliphatic rings. The molecule has 0 radical (unpaired) electrons. The first-order valence-electron chi connectivity index (χ1n) is 9.12. The molecule has 1 aromatic carbocycles. The van der Waals surface area contributed by atoms with Crippen LogP contribution >= 0.6 is 11.8 Å². The highest BCUT2D eigenvalue weighted by molar-refractivity contribution is 7.99. The number of aromatic nitrogens is 2. The molecule has 0 bridgehead atoms. The van der Waals surface area contributed by atoms with E-state index in [-0.39, 0.29) is 17.1 Å². The molecule has 1 amide bonds. The SMILES string of the molecule is O=C(CN1CCN(c2ncccn2)CC1)N1CCS[C@H]1c1ccccc1F. The van der Waals surface area contributed by atoms with Gasteiger partial charge in [-0.25, -0.2) is 14.4 Å². The summed E-state index contributed by atoms with van der Waals surface area (Å²) >= 11 is 1.63. The molecule has 4 rings (SSSR count). The quantitative estimate of drug-likeness (QED) is 0.800. The van der Waals surface area contributed by atoms with Crippen LogP contribution < -0.4 is 4.90 Å². The van der Waals surface area contributed by atoms with Gasteiger partial charge in [0.2, 0.25) is 11.9 Å². The normalized spacial score (nSPS) is 20.9. The van der Waals surface area contributed by atoms with Gasteiger partial charge >= 0.3 is 0 Å². The van der Waals surface area contributed by atoms with E-state index in [1.165, 1.54) is 6.07 Å². The highest BCUT2D eigenvalue weighted by atomic mass is 32.2. The number of nitrogens with zero attached hydrogens (tertiary/aromatic N) is 5. The zero-order valence-corrected chi connectivity index (χ0v) is 15.8. The van der Waals surface area contributed by atoms with E-state index in [1.807, 2.05) is 11.0 Å². The lowest BCUT2D eigenvalue weighted by Gasteiger charge is -2.35. The van der Waals surface area contributed by atoms with Crippen molar-refractivity contribution in [2.45, 2.75) is 5.37 Å². The topological polar surface area (TPSA) is 52.6 Å². The lowest BCUT2D eigenvalue weighted by Crippen LogP contribution is -2.50. The van der Waals surface area contributed by atoms with Gasteiger partial charge in [0.05, 0.1) is 6.54 Å². The molecule has 0 aliphatic carbocycles. The fourth-order valence-corrected chi connectivity index (χ4v) is 4.80. The predicted molar refractivity (Wildman–Crippen MR) is 104 cm³/mol. The zero-order chi connectivity index (χ0) is 18.6. The lowest BCUT2D eigenvalue weighted by atomic mass is 10.2. The van der Waals surface area contributed by atoms with E-state index in [0.717, 1.165) is 37.9 Å². The van der Waals surface area contributed by atoms with E-state index >= 15 is 0 Å². The summed E-state index contributed by atoms with van der Waals surface area (Å²) in [5.41, 5.74) is 0.597. The van der Waals surface area contributed by atoms with Crippen LogP contribution in [0.4, 0.5) is 10.3 Å². The van der Waals surface area contributed by atoms with Gasteiger partial charge in [0, 0.05) is 56.4 Å². The summed E-state index contributed by atoms with van der Waals surface area (Å²) in [6.07, 6.45) is 3.48. The summed E-state index contributed by atoms with van der Waals surface area (Å²) in [7, 11) is 0. The molecular weight excluding hydrogens is 365 g/mol. The van der Waals surface area contributed by atoms with E-state index in [4.69, 9.17) is 0 Å². The maximum Gasteiger partial charge on any atom is 0.237 e. The van der Waals surface area contributed by atoms with Crippen molar-refractivity contribution in [1.82, 2.24) is 19.8 Å². The third-order valence-electron chi connectivity index (χ3n) is 4.95. The minimum atomic E-state index is -0.244. The number of hydrogen-bond acceptors (Lipinski definition) is 6. The molecule has 8 heteroatoms. The summed E-state index contributed by atoms with van der Waals surface area (Å²) in [4.78, 5) is 27.5. The number of halogens is 1. The average molecular weight is 387 g/mol. The van der Waals surface area contributed by atoms with Crippen LogP contribution in [-0.4, -0.2) is 70.7 Å². The number of hydrogen-bond donors (Lipinski definition) is 0. The molecule has 27 heavy (non-hydrogen) atoms. The number of amides is 1. The Morgan fingerprint density at radius 2 is 1.81 bits per heavy atom. The Balaban J connectivity index is 1.35. The monoisotopic (exact) mass is 387 g/mol. The van der Waals surface area contributed by atoms with Crippen LogP contribution in [0.5, 0.6) is 0 Å². The predicted octanol–water partition coefficient (Wildman–Crippen LogP) is 2.01. The highest BCUT2D eigenvalue weighted by Gasteiger charge is 2.33. The second-order valence-corrected chi connectivity index (χ2v) is 7.83. The van der Waals surface area contributed by atoms with E-state index in [2.05, 4.69) is 19.8 Å². The van der Waals surface area contributed by atoms with Gasteiger partial charge in [-0.1, -0.05) is 18.2 Å². The Morgan fingerprint density at radius 1 is 1.07 bits per heavy atom. The Bertz CT molecular complexity index is 785. The number of rotatable bonds is 4. The summed E-state index contributed by atoms with van der Waals surface area (Å²) < 4.78 is 14.2. The third kappa shape index (κ3) is 4.06. The van der Waals surface area contributed by atoms with E-state index in [9.17, 15) is 9.18 Å². The molecule has 0 saturated carbocycles. The second kappa shape index (κ2) is 8.22. The fourth-order valence-electron chi connectivity index (χ4n) is 3.50. The molecule has 142 valence electrons. The standard InChI is InChI=1S/C19H22FN5OS/c20-16-5-2-1-4-15(16)18-25(12-13-27-18)17(26)14-23-8-10-24(11-9-23)19-21-6-3-7-22-19/h1-7,18H,8-14H2/t18-/m0/s1. The molecule has 1 aromatic heterocycles. The van der Waals surface area contributed by atoms with Gasteiger partial charge in [-0.2, -0.15) is 0 Å². The van der Waals surface area contributed by atoms with Gasteiger partial charge in [0.1, 0.15) is 11.2 Å². The molecule has 2 aliphatic heterocycles. The largest absolute Gasteiger partial charge is 0.338 e. The summed E-state index contributed by atoms with van der Waals surface area (Å²) in [6.45, 7) is 4.20. The number of carbonyl (C=O) groups is 1. The number of piperazine rings is 1. The van der Waals surface area contributed by atoms with Crippen LogP contribution in [0, 0.1) is 5.82 Å². The number of anilines is 1. The van der Waals surface area contributed by atoms with E-state index in [1.54, 1.807) is 42.4 Å². The average Bonchev–Trinajstić information content (AvgIpc) is 3.19. The maximum atomic E-state index is 14.2. The number of thioether (sulfide) groups is 1.